The van der Waals surface area contributed by atoms with E-state index in [1.807, 2.05) is 12.2 Å². The second-order valence-corrected chi connectivity index (χ2v) is 2.18. The van der Waals surface area contributed by atoms with Crippen LogP contribution in [0.2, 0.25) is 0 Å². The Morgan fingerprint density at radius 1 is 1.75 bits per heavy atom. The Bertz CT molecular complexity index is 162. The Labute approximate surface area is 47.6 Å². The molecule has 2 bridgehead atoms. The van der Waals surface area contributed by atoms with Crippen molar-refractivity contribution in [1.29, 1.82) is 0 Å². The summed E-state index contributed by atoms with van der Waals surface area (Å²) in [5, 5.41) is 2.74. The molecule has 1 unspecified atom stereocenters. The number of fused-ring (bicyclic) bond motifs is 2. The summed E-state index contributed by atoms with van der Waals surface area (Å²) in [4.78, 5) is 10.7. The van der Waals surface area contributed by atoms with Crippen molar-refractivity contribution in [3.8, 4) is 0 Å². The molecular weight excluding hydrogens is 102 g/mol. The van der Waals surface area contributed by atoms with Crippen LogP contribution >= 0.6 is 0 Å². The molecule has 1 amide bonds. The van der Waals surface area contributed by atoms with Gasteiger partial charge in [-0.2, -0.15) is 0 Å². The number of carbonyl (C=O) groups is 1. The third-order valence-corrected chi connectivity index (χ3v) is 1.59. The summed E-state index contributed by atoms with van der Waals surface area (Å²) in [6, 6.07) is 1.08. The summed E-state index contributed by atoms with van der Waals surface area (Å²) in [6.07, 6.45) is 4.85. The summed E-state index contributed by atoms with van der Waals surface area (Å²) in [5.41, 5.74) is 0. The largest absolute Gasteiger partial charge is 0.344 e. The fourth-order valence-corrected chi connectivity index (χ4v) is 1.13. The smallest absolute Gasteiger partial charge is 0.227 e. The van der Waals surface area contributed by atoms with Crippen molar-refractivity contribution in [2.45, 2.75) is 6.42 Å². The summed E-state index contributed by atoms with van der Waals surface area (Å²) >= 11 is 0. The molecule has 2 nitrogen and oxygen atoms in total. The minimum absolute atomic E-state index is 0.169. The van der Waals surface area contributed by atoms with Gasteiger partial charge in [-0.15, -0.1) is 0 Å². The normalized spacial score (nSPS) is 34.0. The van der Waals surface area contributed by atoms with Crippen LogP contribution in [0.4, 0.5) is 0 Å². The molecule has 1 heterocycles. The minimum atomic E-state index is 0.169. The van der Waals surface area contributed by atoms with E-state index in [4.69, 9.17) is 0 Å². The molecule has 0 saturated carbocycles. The van der Waals surface area contributed by atoms with Gasteiger partial charge in [-0.1, -0.05) is 12.2 Å². The third-order valence-electron chi connectivity index (χ3n) is 1.59. The average Bonchev–Trinajstić information content (AvgIpc) is 2.23. The van der Waals surface area contributed by atoms with Gasteiger partial charge in [0.05, 0.1) is 12.0 Å². The molecule has 1 radical (unpaired) electrons. The number of hydrogen-bond donors (Lipinski definition) is 1. The second-order valence-electron chi connectivity index (χ2n) is 2.18. The topological polar surface area (TPSA) is 29.1 Å². The first-order valence-electron chi connectivity index (χ1n) is 2.71. The van der Waals surface area contributed by atoms with Crippen molar-refractivity contribution < 1.29 is 4.79 Å². The molecule has 1 N–H and O–H groups in total. The Kier molecular flexibility index (Phi) is 0.583. The van der Waals surface area contributed by atoms with Gasteiger partial charge in [0, 0.05) is 0 Å². The number of nitrogens with one attached hydrogen (secondary N) is 1. The van der Waals surface area contributed by atoms with E-state index in [2.05, 4.69) is 5.32 Å². The molecule has 1 saturated heterocycles. The first kappa shape index (κ1) is 4.13. The Morgan fingerprint density at radius 2 is 2.62 bits per heavy atom. The van der Waals surface area contributed by atoms with E-state index >= 15 is 0 Å². The first-order chi connectivity index (χ1) is 3.86. The van der Waals surface area contributed by atoms with Crippen LogP contribution in [-0.2, 0) is 4.79 Å². The Hall–Kier alpha value is -0.790. The zero-order valence-electron chi connectivity index (χ0n) is 4.35. The lowest BCUT2D eigenvalue weighted by Gasteiger charge is -2.00. The van der Waals surface area contributed by atoms with Crippen LogP contribution in [0, 0.1) is 12.0 Å². The van der Waals surface area contributed by atoms with E-state index in [1.165, 1.54) is 0 Å². The van der Waals surface area contributed by atoms with Crippen LogP contribution < -0.4 is 5.32 Å². The van der Waals surface area contributed by atoms with Gasteiger partial charge in [0.25, 0.3) is 0 Å². The van der Waals surface area contributed by atoms with Crippen molar-refractivity contribution in [2.75, 3.05) is 0 Å². The number of amides is 1. The predicted molar refractivity (Wildman–Crippen MR) is 28.6 cm³/mol. The lowest BCUT2D eigenvalue weighted by Crippen LogP contribution is -2.22. The standard InChI is InChI=1S/C6H6NO/c8-6-4-1-2-5(3-4)7-6/h1-2,4H,3H2,(H,7,8). The molecule has 1 aliphatic heterocycles. The van der Waals surface area contributed by atoms with E-state index < -0.39 is 0 Å². The van der Waals surface area contributed by atoms with Gasteiger partial charge in [0.1, 0.15) is 0 Å². The van der Waals surface area contributed by atoms with Gasteiger partial charge >= 0.3 is 0 Å². The summed E-state index contributed by atoms with van der Waals surface area (Å²) in [6.45, 7) is 0. The zero-order chi connectivity index (χ0) is 5.56. The lowest BCUT2D eigenvalue weighted by molar-refractivity contribution is -0.121. The third kappa shape index (κ3) is 0.351. The zero-order valence-corrected chi connectivity index (χ0v) is 4.35. The van der Waals surface area contributed by atoms with E-state index in [0.29, 0.717) is 0 Å². The van der Waals surface area contributed by atoms with Crippen molar-refractivity contribution in [1.82, 2.24) is 5.32 Å². The van der Waals surface area contributed by atoms with Crippen molar-refractivity contribution in [3.05, 3.63) is 18.2 Å². The molecule has 1 aliphatic carbocycles. The van der Waals surface area contributed by atoms with Gasteiger partial charge < -0.3 is 5.32 Å². The molecule has 0 spiro atoms. The fourth-order valence-electron chi connectivity index (χ4n) is 1.13. The van der Waals surface area contributed by atoms with Gasteiger partial charge in [-0.05, 0) is 6.42 Å². The van der Waals surface area contributed by atoms with Gasteiger partial charge in [-0.3, -0.25) is 4.79 Å². The van der Waals surface area contributed by atoms with Gasteiger partial charge in [0.15, 0.2) is 0 Å². The van der Waals surface area contributed by atoms with Crippen molar-refractivity contribution >= 4 is 5.91 Å². The van der Waals surface area contributed by atoms with E-state index in [-0.39, 0.29) is 11.8 Å². The number of hydrogen-bond acceptors (Lipinski definition) is 1. The molecule has 2 rings (SSSR count). The van der Waals surface area contributed by atoms with Crippen LogP contribution in [0.1, 0.15) is 6.42 Å². The highest BCUT2D eigenvalue weighted by molar-refractivity contribution is 5.87. The average molecular weight is 108 g/mol. The van der Waals surface area contributed by atoms with E-state index in [0.717, 1.165) is 12.5 Å². The molecule has 41 valence electrons. The first-order valence-corrected chi connectivity index (χ1v) is 2.71. The van der Waals surface area contributed by atoms with Crippen LogP contribution in [-0.4, -0.2) is 5.91 Å². The maximum absolute atomic E-state index is 10.7. The molecule has 2 heteroatoms. The number of carbonyl (C=O) groups excluding carboxylic acids is 1. The monoisotopic (exact) mass is 108 g/mol. The fraction of sp³-hybridized carbons (Fsp3) is 0.333. The summed E-state index contributed by atoms with van der Waals surface area (Å²) in [7, 11) is 0. The van der Waals surface area contributed by atoms with Crippen LogP contribution in [0.5, 0.6) is 0 Å². The lowest BCUT2D eigenvalue weighted by atomic mass is 10.1. The van der Waals surface area contributed by atoms with Crippen LogP contribution in [0.15, 0.2) is 12.2 Å². The maximum atomic E-state index is 10.7. The molecule has 0 aromatic heterocycles. The second kappa shape index (κ2) is 1.13. The van der Waals surface area contributed by atoms with Crippen LogP contribution in [0.3, 0.4) is 0 Å². The number of rotatable bonds is 0. The van der Waals surface area contributed by atoms with Crippen molar-refractivity contribution in [3.63, 3.8) is 0 Å². The maximum Gasteiger partial charge on any atom is 0.227 e. The molecule has 0 aromatic carbocycles. The SMILES string of the molecule is O=C1N[C]2C=CC1C2. The molecule has 0 aromatic rings. The summed E-state index contributed by atoms with van der Waals surface area (Å²) in [5.74, 6) is 0.340. The van der Waals surface area contributed by atoms with E-state index in [1.54, 1.807) is 0 Å². The van der Waals surface area contributed by atoms with Gasteiger partial charge in [0.2, 0.25) is 5.91 Å². The van der Waals surface area contributed by atoms with Crippen LogP contribution in [0.25, 0.3) is 0 Å². The van der Waals surface area contributed by atoms with E-state index in [9.17, 15) is 4.79 Å². The molecule has 8 heavy (non-hydrogen) atoms. The Morgan fingerprint density at radius 3 is 2.88 bits per heavy atom. The minimum Gasteiger partial charge on any atom is -0.344 e. The predicted octanol–water partition coefficient (Wildman–Crippen LogP) is 0.224. The van der Waals surface area contributed by atoms with Crippen molar-refractivity contribution in [2.24, 2.45) is 5.92 Å². The highest BCUT2D eigenvalue weighted by atomic mass is 16.2. The highest BCUT2D eigenvalue weighted by Gasteiger charge is 2.33. The molecule has 1 atom stereocenters. The van der Waals surface area contributed by atoms with Gasteiger partial charge in [-0.25, -0.2) is 0 Å². The molecule has 1 fully saturated rings. The molecule has 2 aliphatic rings. The quantitative estimate of drug-likeness (QED) is 0.472. The highest BCUT2D eigenvalue weighted by Crippen LogP contribution is 2.29. The summed E-state index contributed by atoms with van der Waals surface area (Å²) < 4.78 is 0. The molecular formula is C6H6NO. The Balaban J connectivity index is 2.35.